The van der Waals surface area contributed by atoms with Crippen LogP contribution < -0.4 is 25.4 Å². The molecule has 0 atom stereocenters. The predicted octanol–water partition coefficient (Wildman–Crippen LogP) is -0.155. The van der Waals surface area contributed by atoms with Crippen molar-refractivity contribution in [1.82, 2.24) is 9.55 Å². The molecule has 0 aliphatic rings. The van der Waals surface area contributed by atoms with E-state index in [1.807, 2.05) is 0 Å². The maximum absolute atomic E-state index is 12.5. The van der Waals surface area contributed by atoms with Crippen molar-refractivity contribution in [3.05, 3.63) is 49.5 Å². The Morgan fingerprint density at radius 3 is 2.76 bits per heavy atom. The van der Waals surface area contributed by atoms with Crippen molar-refractivity contribution in [1.29, 1.82) is 5.26 Å². The van der Waals surface area contributed by atoms with Crippen molar-refractivity contribution in [3.8, 4) is 6.07 Å². The summed E-state index contributed by atoms with van der Waals surface area (Å²) in [5.74, 6) is -1.11. The van der Waals surface area contributed by atoms with Gasteiger partial charge in [0, 0.05) is 19.9 Å². The van der Waals surface area contributed by atoms with Crippen LogP contribution in [-0.2, 0) is 25.6 Å². The molecule has 33 heavy (non-hydrogen) atoms. The molecule has 11 nitrogen and oxygen atoms in total. The van der Waals surface area contributed by atoms with Crippen LogP contribution in [0.15, 0.2) is 34.8 Å². The minimum absolute atomic E-state index is 0.137. The quantitative estimate of drug-likeness (QED) is 0.244. The molecule has 1 amide bonds. The van der Waals surface area contributed by atoms with Gasteiger partial charge in [0.1, 0.15) is 33.5 Å². The highest BCUT2D eigenvalue weighted by atomic mass is 32.1. The van der Waals surface area contributed by atoms with Gasteiger partial charge in [0.2, 0.25) is 0 Å². The third-order valence-corrected chi connectivity index (χ3v) is 4.87. The van der Waals surface area contributed by atoms with Crippen molar-refractivity contribution >= 4 is 46.3 Å². The van der Waals surface area contributed by atoms with E-state index in [1.54, 1.807) is 25.1 Å². The van der Waals surface area contributed by atoms with E-state index in [0.29, 0.717) is 24.8 Å². The van der Waals surface area contributed by atoms with Crippen LogP contribution in [0.1, 0.15) is 6.92 Å². The lowest BCUT2D eigenvalue weighted by Gasteiger charge is -2.06. The summed E-state index contributed by atoms with van der Waals surface area (Å²) in [6, 6.07) is 6.46. The Hall–Kier alpha value is -3.97. The highest BCUT2D eigenvalue weighted by Crippen LogP contribution is 2.08. The SMILES string of the molecule is CCn1c(=C=C(C#N)C(=O)O)sc(=C=CNc2cccc(NC(=O)COCCOC)n2)c1=O. The Bertz CT molecular complexity index is 1310. The number of nitriles is 1. The lowest BCUT2D eigenvalue weighted by Crippen LogP contribution is -2.30. The number of aromatic nitrogens is 2. The summed E-state index contributed by atoms with van der Waals surface area (Å²) in [5, 5.41) is 23.4. The van der Waals surface area contributed by atoms with Gasteiger partial charge in [-0.15, -0.1) is 0 Å². The van der Waals surface area contributed by atoms with Crippen molar-refractivity contribution in [3.63, 3.8) is 0 Å². The fourth-order valence-electron chi connectivity index (χ4n) is 2.36. The number of thiazole rings is 1. The molecule has 0 saturated heterocycles. The molecule has 0 radical (unpaired) electrons. The fourth-order valence-corrected chi connectivity index (χ4v) is 3.35. The Morgan fingerprint density at radius 2 is 2.09 bits per heavy atom. The second-order valence-electron chi connectivity index (χ2n) is 6.14. The van der Waals surface area contributed by atoms with Crippen LogP contribution in [0.4, 0.5) is 11.6 Å². The van der Waals surface area contributed by atoms with E-state index in [1.165, 1.54) is 23.9 Å². The first-order valence-corrected chi connectivity index (χ1v) is 10.4. The Kier molecular flexibility index (Phi) is 9.80. The summed E-state index contributed by atoms with van der Waals surface area (Å²) in [7, 11) is 1.54. The van der Waals surface area contributed by atoms with E-state index in [9.17, 15) is 14.4 Å². The maximum Gasteiger partial charge on any atom is 0.354 e. The molecule has 0 bridgehead atoms. The van der Waals surface area contributed by atoms with Gasteiger partial charge in [-0.1, -0.05) is 28.9 Å². The van der Waals surface area contributed by atoms with E-state index < -0.39 is 17.1 Å². The van der Waals surface area contributed by atoms with E-state index in [-0.39, 0.29) is 28.3 Å². The molecule has 0 unspecified atom stereocenters. The van der Waals surface area contributed by atoms with Gasteiger partial charge in [-0.3, -0.25) is 14.2 Å². The summed E-state index contributed by atoms with van der Waals surface area (Å²) in [6.45, 7) is 2.52. The Morgan fingerprint density at radius 1 is 1.33 bits per heavy atom. The van der Waals surface area contributed by atoms with Crippen LogP contribution in [0.5, 0.6) is 0 Å². The summed E-state index contributed by atoms with van der Waals surface area (Å²) < 4.78 is 11.7. The number of nitrogens with zero attached hydrogens (tertiary/aromatic N) is 3. The summed E-state index contributed by atoms with van der Waals surface area (Å²) in [5.41, 5.74) is 4.25. The summed E-state index contributed by atoms with van der Waals surface area (Å²) in [4.78, 5) is 39.6. The first kappa shape index (κ1) is 25.3. The number of hydrogen-bond acceptors (Lipinski definition) is 9. The van der Waals surface area contributed by atoms with Gasteiger partial charge >= 0.3 is 5.97 Å². The van der Waals surface area contributed by atoms with Crippen LogP contribution in [-0.4, -0.2) is 53.5 Å². The zero-order chi connectivity index (χ0) is 24.2. The number of pyridine rings is 1. The number of anilines is 2. The first-order chi connectivity index (χ1) is 15.9. The number of amides is 1. The molecular weight excluding hydrogens is 450 g/mol. The lowest BCUT2D eigenvalue weighted by atomic mass is 10.3. The molecule has 0 saturated carbocycles. The topological polar surface area (TPSA) is 156 Å². The molecule has 172 valence electrons. The van der Waals surface area contributed by atoms with Crippen molar-refractivity contribution in [2.45, 2.75) is 13.5 Å². The summed E-state index contributed by atoms with van der Waals surface area (Å²) >= 11 is 0.951. The molecule has 3 N–H and O–H groups in total. The number of carbonyl (C=O) groups excluding carboxylic acids is 1. The second kappa shape index (κ2) is 12.8. The maximum atomic E-state index is 12.5. The molecule has 2 rings (SSSR count). The lowest BCUT2D eigenvalue weighted by molar-refractivity contribution is -0.132. The fraction of sp³-hybridized carbons (Fsp3) is 0.286. The molecule has 2 aromatic heterocycles. The van der Waals surface area contributed by atoms with E-state index >= 15 is 0 Å². The summed E-state index contributed by atoms with van der Waals surface area (Å²) in [6.07, 6.45) is 1.37. The molecule has 0 aromatic carbocycles. The number of ether oxygens (including phenoxy) is 2. The molecule has 0 fully saturated rings. The molecule has 0 aliphatic heterocycles. The molecule has 2 heterocycles. The number of carboxylic acid groups (broad SMARTS) is 1. The minimum Gasteiger partial charge on any atom is -0.477 e. The van der Waals surface area contributed by atoms with Gasteiger partial charge in [-0.2, -0.15) is 5.26 Å². The largest absolute Gasteiger partial charge is 0.477 e. The van der Waals surface area contributed by atoms with E-state index in [4.69, 9.17) is 19.8 Å². The van der Waals surface area contributed by atoms with Crippen LogP contribution >= 0.6 is 11.3 Å². The average molecular weight is 471 g/mol. The predicted molar refractivity (Wildman–Crippen MR) is 121 cm³/mol. The van der Waals surface area contributed by atoms with Crippen molar-refractivity contribution < 1.29 is 24.2 Å². The zero-order valence-corrected chi connectivity index (χ0v) is 18.7. The van der Waals surface area contributed by atoms with Gasteiger partial charge < -0.3 is 25.2 Å². The molecule has 12 heteroatoms. The zero-order valence-electron chi connectivity index (χ0n) is 17.9. The Balaban J connectivity index is 2.24. The van der Waals surface area contributed by atoms with Gasteiger partial charge in [0.05, 0.1) is 13.2 Å². The number of carboxylic acids is 1. The second-order valence-corrected chi connectivity index (χ2v) is 7.14. The van der Waals surface area contributed by atoms with Crippen LogP contribution in [0.2, 0.25) is 0 Å². The number of methoxy groups -OCH3 is 1. The minimum atomic E-state index is -1.43. The third kappa shape index (κ3) is 7.59. The van der Waals surface area contributed by atoms with Crippen molar-refractivity contribution in [2.75, 3.05) is 37.6 Å². The smallest absolute Gasteiger partial charge is 0.354 e. The van der Waals surface area contributed by atoms with Gasteiger partial charge in [0.25, 0.3) is 11.5 Å². The van der Waals surface area contributed by atoms with Crippen molar-refractivity contribution in [2.24, 2.45) is 0 Å². The molecular formula is C21H21N5O6S. The van der Waals surface area contributed by atoms with Gasteiger partial charge in [-0.25, -0.2) is 9.78 Å². The highest BCUT2D eigenvalue weighted by Gasteiger charge is 2.07. The Labute approximate surface area is 192 Å². The standard InChI is InChI=1S/C21H21N5O6S/c1-3-26-19(11-14(12-22)21(29)30)33-15(20(26)28)7-8-23-16-5-4-6-17(24-16)25-18(27)13-32-10-9-31-2/h4-6,8H,3,9-10,13H2,1-2H3,(H,29,30)(H2,23,24,25,27). The monoisotopic (exact) mass is 471 g/mol. The van der Waals surface area contributed by atoms with E-state index in [2.05, 4.69) is 27.1 Å². The molecule has 2 aromatic rings. The van der Waals surface area contributed by atoms with Gasteiger partial charge in [-0.05, 0) is 19.1 Å². The number of rotatable bonds is 10. The number of nitrogens with one attached hydrogen (secondary N) is 2. The highest BCUT2D eigenvalue weighted by molar-refractivity contribution is 7.07. The molecule has 0 spiro atoms. The van der Waals surface area contributed by atoms with Gasteiger partial charge in [0.15, 0.2) is 5.57 Å². The number of aliphatic carboxylic acids is 1. The normalized spacial score (nSPS) is 9.85. The van der Waals surface area contributed by atoms with Crippen LogP contribution in [0, 0.1) is 11.3 Å². The number of hydrogen-bond donors (Lipinski definition) is 3. The third-order valence-electron chi connectivity index (χ3n) is 3.86. The number of carbonyl (C=O) groups is 2. The van der Waals surface area contributed by atoms with Crippen LogP contribution in [0.25, 0.3) is 11.5 Å². The first-order valence-electron chi connectivity index (χ1n) is 9.58. The van der Waals surface area contributed by atoms with Crippen LogP contribution in [0.3, 0.4) is 0 Å². The average Bonchev–Trinajstić information content (AvgIpc) is 3.09. The van der Waals surface area contributed by atoms with E-state index in [0.717, 1.165) is 11.3 Å². The molecule has 0 aliphatic carbocycles.